The predicted octanol–water partition coefficient (Wildman–Crippen LogP) is 5.19. The lowest BCUT2D eigenvalue weighted by molar-refractivity contribution is 0.373. The normalized spacial score (nSPS) is 10.7. The van der Waals surface area contributed by atoms with E-state index in [1.807, 2.05) is 54.6 Å². The Kier molecular flexibility index (Phi) is 5.16. The number of hydrogen-bond donors (Lipinski definition) is 3. The molecule has 29 heavy (non-hydrogen) atoms. The number of benzene rings is 3. The van der Waals surface area contributed by atoms with Gasteiger partial charge >= 0.3 is 0 Å². The van der Waals surface area contributed by atoms with Crippen LogP contribution >= 0.6 is 0 Å². The van der Waals surface area contributed by atoms with Gasteiger partial charge < -0.3 is 20.5 Å². The van der Waals surface area contributed by atoms with Crippen molar-refractivity contribution in [3.05, 3.63) is 67.0 Å². The van der Waals surface area contributed by atoms with Crippen molar-refractivity contribution in [2.45, 2.75) is 6.92 Å². The molecular formula is C23H22N4O2. The molecule has 0 amide bonds. The number of phenolic OH excluding ortho intramolecular Hbond substituents is 1. The molecular weight excluding hydrogens is 364 g/mol. The maximum Gasteiger partial charge on any atom is 0.161 e. The molecule has 0 atom stereocenters. The molecule has 6 heteroatoms. The smallest absolute Gasteiger partial charge is 0.161 e. The van der Waals surface area contributed by atoms with Crippen LogP contribution in [0.3, 0.4) is 0 Å². The molecule has 0 fully saturated rings. The molecule has 1 heterocycles. The Morgan fingerprint density at radius 2 is 1.72 bits per heavy atom. The number of hydrogen-bond acceptors (Lipinski definition) is 6. The van der Waals surface area contributed by atoms with Crippen LogP contribution in [0.15, 0.2) is 67.0 Å². The van der Waals surface area contributed by atoms with E-state index in [2.05, 4.69) is 27.5 Å². The maximum atomic E-state index is 9.86. The van der Waals surface area contributed by atoms with Crippen molar-refractivity contribution in [2.24, 2.45) is 0 Å². The number of rotatable bonds is 6. The van der Waals surface area contributed by atoms with Gasteiger partial charge in [-0.1, -0.05) is 18.2 Å². The first-order chi connectivity index (χ1) is 14.2. The summed E-state index contributed by atoms with van der Waals surface area (Å²) in [5.41, 5.74) is 4.76. The highest BCUT2D eigenvalue weighted by Crippen LogP contribution is 2.34. The van der Waals surface area contributed by atoms with Crippen molar-refractivity contribution < 1.29 is 9.84 Å². The Hall–Kier alpha value is -3.80. The highest BCUT2D eigenvalue weighted by molar-refractivity contribution is 5.94. The van der Waals surface area contributed by atoms with Gasteiger partial charge in [0.1, 0.15) is 12.1 Å². The molecule has 0 aliphatic rings. The zero-order chi connectivity index (χ0) is 20.2. The number of ether oxygens (including phenoxy) is 1. The minimum atomic E-state index is 0.114. The lowest BCUT2D eigenvalue weighted by atomic mass is 10.0. The fourth-order valence-electron chi connectivity index (χ4n) is 3.24. The third kappa shape index (κ3) is 3.91. The summed E-state index contributed by atoms with van der Waals surface area (Å²) in [6, 6.07) is 19.4. The molecule has 4 aromatic rings. The van der Waals surface area contributed by atoms with Crippen LogP contribution in [-0.2, 0) is 0 Å². The molecule has 0 radical (unpaired) electrons. The lowest BCUT2D eigenvalue weighted by Crippen LogP contribution is -1.99. The molecule has 1 aromatic heterocycles. The first-order valence-corrected chi connectivity index (χ1v) is 9.41. The molecule has 6 nitrogen and oxygen atoms in total. The van der Waals surface area contributed by atoms with Crippen LogP contribution in [0.1, 0.15) is 6.92 Å². The van der Waals surface area contributed by atoms with Crippen molar-refractivity contribution in [3.63, 3.8) is 0 Å². The standard InChI is InChI=1S/C23H22N4O2/c1-3-24-17-5-4-6-18(13-17)27-23-19-11-15(7-9-20(19)25-14-26-23)16-8-10-21(28)22(12-16)29-2/h4-14,24,28H,3H2,1-2H3,(H,25,26,27). The largest absolute Gasteiger partial charge is 0.504 e. The topological polar surface area (TPSA) is 79.3 Å². The minimum absolute atomic E-state index is 0.114. The molecule has 0 unspecified atom stereocenters. The summed E-state index contributed by atoms with van der Waals surface area (Å²) < 4.78 is 5.24. The average Bonchev–Trinajstić information content (AvgIpc) is 2.75. The van der Waals surface area contributed by atoms with Gasteiger partial charge in [0, 0.05) is 23.3 Å². The Morgan fingerprint density at radius 1 is 0.931 bits per heavy atom. The minimum Gasteiger partial charge on any atom is -0.504 e. The summed E-state index contributed by atoms with van der Waals surface area (Å²) in [5.74, 6) is 1.28. The van der Waals surface area contributed by atoms with Crippen molar-refractivity contribution in [1.82, 2.24) is 9.97 Å². The summed E-state index contributed by atoms with van der Waals surface area (Å²) in [7, 11) is 1.54. The van der Waals surface area contributed by atoms with Gasteiger partial charge in [0.25, 0.3) is 0 Å². The van der Waals surface area contributed by atoms with Crippen LogP contribution in [0.2, 0.25) is 0 Å². The average molecular weight is 386 g/mol. The van der Waals surface area contributed by atoms with Gasteiger partial charge in [0.05, 0.1) is 12.6 Å². The molecule has 0 aliphatic carbocycles. The van der Waals surface area contributed by atoms with E-state index >= 15 is 0 Å². The summed E-state index contributed by atoms with van der Waals surface area (Å²) in [5, 5.41) is 17.5. The highest BCUT2D eigenvalue weighted by atomic mass is 16.5. The van der Waals surface area contributed by atoms with Crippen LogP contribution in [0.5, 0.6) is 11.5 Å². The maximum absolute atomic E-state index is 9.86. The Morgan fingerprint density at radius 3 is 2.55 bits per heavy atom. The van der Waals surface area contributed by atoms with Gasteiger partial charge in [-0.2, -0.15) is 0 Å². The van der Waals surface area contributed by atoms with E-state index in [0.717, 1.165) is 45.8 Å². The van der Waals surface area contributed by atoms with E-state index in [4.69, 9.17) is 4.74 Å². The summed E-state index contributed by atoms with van der Waals surface area (Å²) >= 11 is 0. The molecule has 0 spiro atoms. The summed E-state index contributed by atoms with van der Waals surface area (Å²) in [4.78, 5) is 8.84. The number of fused-ring (bicyclic) bond motifs is 1. The number of phenols is 1. The predicted molar refractivity (Wildman–Crippen MR) is 117 cm³/mol. The molecule has 0 aliphatic heterocycles. The third-order valence-electron chi connectivity index (χ3n) is 4.65. The number of methoxy groups -OCH3 is 1. The lowest BCUT2D eigenvalue weighted by Gasteiger charge is -2.12. The Labute approximate surface area is 169 Å². The van der Waals surface area contributed by atoms with Crippen LogP contribution in [-0.4, -0.2) is 28.7 Å². The number of aromatic hydroxyl groups is 1. The second-order valence-corrected chi connectivity index (χ2v) is 6.58. The van der Waals surface area contributed by atoms with Gasteiger partial charge in [-0.25, -0.2) is 9.97 Å². The van der Waals surface area contributed by atoms with E-state index in [9.17, 15) is 5.11 Å². The Balaban J connectivity index is 1.74. The molecule has 4 rings (SSSR count). The Bertz CT molecular complexity index is 1160. The van der Waals surface area contributed by atoms with Gasteiger partial charge in [0.15, 0.2) is 11.5 Å². The molecule has 3 N–H and O–H groups in total. The van der Waals surface area contributed by atoms with E-state index in [1.54, 1.807) is 12.4 Å². The molecule has 3 aromatic carbocycles. The van der Waals surface area contributed by atoms with E-state index < -0.39 is 0 Å². The summed E-state index contributed by atoms with van der Waals surface area (Å²) in [6.45, 7) is 2.93. The quantitative estimate of drug-likeness (QED) is 0.423. The fourth-order valence-corrected chi connectivity index (χ4v) is 3.24. The van der Waals surface area contributed by atoms with Crippen molar-refractivity contribution in [1.29, 1.82) is 0 Å². The zero-order valence-corrected chi connectivity index (χ0v) is 16.3. The van der Waals surface area contributed by atoms with Crippen molar-refractivity contribution >= 4 is 28.1 Å². The summed E-state index contributed by atoms with van der Waals surface area (Å²) in [6.07, 6.45) is 1.56. The molecule has 0 saturated carbocycles. The SMILES string of the molecule is CCNc1cccc(Nc2ncnc3ccc(-c4ccc(O)c(OC)c4)cc23)c1. The molecule has 0 saturated heterocycles. The monoisotopic (exact) mass is 386 g/mol. The number of aromatic nitrogens is 2. The van der Waals surface area contributed by atoms with Crippen LogP contribution in [0.4, 0.5) is 17.2 Å². The van der Waals surface area contributed by atoms with Gasteiger partial charge in [-0.05, 0) is 60.5 Å². The first-order valence-electron chi connectivity index (χ1n) is 9.41. The fraction of sp³-hybridized carbons (Fsp3) is 0.130. The van der Waals surface area contributed by atoms with E-state index in [1.165, 1.54) is 7.11 Å². The molecule has 0 bridgehead atoms. The van der Waals surface area contributed by atoms with Crippen LogP contribution < -0.4 is 15.4 Å². The van der Waals surface area contributed by atoms with Gasteiger partial charge in [-0.3, -0.25) is 0 Å². The second-order valence-electron chi connectivity index (χ2n) is 6.58. The van der Waals surface area contributed by atoms with Crippen molar-refractivity contribution in [3.8, 4) is 22.6 Å². The number of anilines is 3. The first kappa shape index (κ1) is 18.6. The third-order valence-corrected chi connectivity index (χ3v) is 4.65. The second kappa shape index (κ2) is 8.06. The van der Waals surface area contributed by atoms with Crippen LogP contribution in [0, 0.1) is 0 Å². The van der Waals surface area contributed by atoms with Gasteiger partial charge in [-0.15, -0.1) is 0 Å². The van der Waals surface area contributed by atoms with E-state index in [-0.39, 0.29) is 5.75 Å². The zero-order valence-electron chi connectivity index (χ0n) is 16.3. The van der Waals surface area contributed by atoms with Gasteiger partial charge in [0.2, 0.25) is 0 Å². The van der Waals surface area contributed by atoms with Crippen molar-refractivity contribution in [2.75, 3.05) is 24.3 Å². The molecule has 146 valence electrons. The van der Waals surface area contributed by atoms with E-state index in [0.29, 0.717) is 5.75 Å². The number of nitrogens with one attached hydrogen (secondary N) is 2. The highest BCUT2D eigenvalue weighted by Gasteiger charge is 2.09. The van der Waals surface area contributed by atoms with Crippen LogP contribution in [0.25, 0.3) is 22.0 Å². The number of nitrogens with zero attached hydrogens (tertiary/aromatic N) is 2.